The molecule has 1 aromatic carbocycles. The number of rotatable bonds is 4. The third-order valence-corrected chi connectivity index (χ3v) is 4.63. The highest BCUT2D eigenvalue weighted by atomic mass is 35.5. The molecule has 1 unspecified atom stereocenters. The molecular weight excluding hydrogens is 288 g/mol. The summed E-state index contributed by atoms with van der Waals surface area (Å²) in [6, 6.07) is 5.90. The predicted octanol–water partition coefficient (Wildman–Crippen LogP) is 4.88. The zero-order valence-electron chi connectivity index (χ0n) is 12.6. The van der Waals surface area contributed by atoms with Crippen LogP contribution in [0, 0.1) is 0 Å². The van der Waals surface area contributed by atoms with Gasteiger partial charge in [0.1, 0.15) is 5.75 Å². The van der Waals surface area contributed by atoms with Crippen LogP contribution < -0.4 is 4.74 Å². The summed E-state index contributed by atoms with van der Waals surface area (Å²) in [7, 11) is 0. The molecule has 2 aliphatic rings. The van der Waals surface area contributed by atoms with Crippen LogP contribution in [-0.2, 0) is 9.47 Å². The smallest absolute Gasteiger partial charge is 0.211 e. The van der Waals surface area contributed by atoms with E-state index in [1.54, 1.807) is 0 Å². The van der Waals surface area contributed by atoms with Gasteiger partial charge in [-0.25, -0.2) is 0 Å². The van der Waals surface area contributed by atoms with E-state index in [4.69, 9.17) is 25.8 Å². The molecule has 116 valence electrons. The second-order valence-corrected chi connectivity index (χ2v) is 6.23. The first-order chi connectivity index (χ1) is 10.2. The van der Waals surface area contributed by atoms with Crippen LogP contribution in [0.25, 0.3) is 0 Å². The fraction of sp³-hybridized carbons (Fsp3) is 0.647. The summed E-state index contributed by atoms with van der Waals surface area (Å²) in [5.74, 6) is 0.335. The number of hydrogen-bond donors (Lipinski definition) is 0. The van der Waals surface area contributed by atoms with Crippen molar-refractivity contribution in [3.05, 3.63) is 28.8 Å². The van der Waals surface area contributed by atoms with Crippen LogP contribution in [0.2, 0.25) is 5.02 Å². The Morgan fingerprint density at radius 2 is 2.10 bits per heavy atom. The van der Waals surface area contributed by atoms with Crippen LogP contribution >= 0.6 is 11.6 Å². The molecule has 21 heavy (non-hydrogen) atoms. The SMILES string of the molecule is CCOCCC1OC2(CCCCC2)Oc2c(Cl)cccc21. The van der Waals surface area contributed by atoms with Crippen molar-refractivity contribution in [2.45, 2.75) is 57.3 Å². The molecule has 0 saturated heterocycles. The van der Waals surface area contributed by atoms with Gasteiger partial charge in [-0.2, -0.15) is 0 Å². The lowest BCUT2D eigenvalue weighted by atomic mass is 9.91. The first-order valence-electron chi connectivity index (χ1n) is 7.97. The van der Waals surface area contributed by atoms with Crippen LogP contribution in [0.1, 0.15) is 57.1 Å². The van der Waals surface area contributed by atoms with Crippen molar-refractivity contribution < 1.29 is 14.2 Å². The van der Waals surface area contributed by atoms with E-state index in [0.717, 1.165) is 50.0 Å². The van der Waals surface area contributed by atoms with Gasteiger partial charge in [-0.1, -0.05) is 30.2 Å². The second-order valence-electron chi connectivity index (χ2n) is 5.82. The van der Waals surface area contributed by atoms with E-state index in [9.17, 15) is 0 Å². The van der Waals surface area contributed by atoms with E-state index in [1.165, 1.54) is 6.42 Å². The number of halogens is 1. The van der Waals surface area contributed by atoms with Gasteiger partial charge in [-0.3, -0.25) is 0 Å². The molecule has 0 N–H and O–H groups in total. The molecule has 3 nitrogen and oxygen atoms in total. The Kier molecular flexibility index (Phi) is 4.72. The minimum atomic E-state index is -0.479. The van der Waals surface area contributed by atoms with Crippen molar-refractivity contribution >= 4 is 11.6 Å². The summed E-state index contributed by atoms with van der Waals surface area (Å²) >= 11 is 6.36. The molecular formula is C17H23ClO3. The zero-order valence-corrected chi connectivity index (χ0v) is 13.3. The largest absolute Gasteiger partial charge is 0.460 e. The average Bonchev–Trinajstić information content (AvgIpc) is 2.49. The topological polar surface area (TPSA) is 27.7 Å². The lowest BCUT2D eigenvalue weighted by molar-refractivity contribution is -0.247. The van der Waals surface area contributed by atoms with Gasteiger partial charge in [0.15, 0.2) is 0 Å². The normalized spacial score (nSPS) is 23.6. The predicted molar refractivity (Wildman–Crippen MR) is 82.8 cm³/mol. The van der Waals surface area contributed by atoms with Crippen molar-refractivity contribution in [2.75, 3.05) is 13.2 Å². The first-order valence-corrected chi connectivity index (χ1v) is 8.35. The Balaban J connectivity index is 1.86. The molecule has 0 radical (unpaired) electrons. The summed E-state index contributed by atoms with van der Waals surface area (Å²) in [6.07, 6.45) is 6.30. The second kappa shape index (κ2) is 6.55. The lowest BCUT2D eigenvalue weighted by Crippen LogP contribution is -2.45. The number of ether oxygens (including phenoxy) is 3. The van der Waals surface area contributed by atoms with E-state index >= 15 is 0 Å². The molecule has 0 aromatic heterocycles. The van der Waals surface area contributed by atoms with Crippen LogP contribution in [0.4, 0.5) is 0 Å². The van der Waals surface area contributed by atoms with Crippen molar-refractivity contribution in [1.29, 1.82) is 0 Å². The van der Waals surface area contributed by atoms with Gasteiger partial charge in [0.2, 0.25) is 5.79 Å². The van der Waals surface area contributed by atoms with Crippen LogP contribution in [-0.4, -0.2) is 19.0 Å². The molecule has 1 spiro atoms. The number of fused-ring (bicyclic) bond motifs is 1. The highest BCUT2D eigenvalue weighted by molar-refractivity contribution is 6.32. The molecule has 0 bridgehead atoms. The summed E-state index contributed by atoms with van der Waals surface area (Å²) in [5.41, 5.74) is 1.05. The number of para-hydroxylation sites is 1. The average molecular weight is 311 g/mol. The molecule has 1 heterocycles. The Bertz CT molecular complexity index is 483. The van der Waals surface area contributed by atoms with Crippen LogP contribution in [0.5, 0.6) is 5.75 Å². The van der Waals surface area contributed by atoms with E-state index in [2.05, 4.69) is 0 Å². The quantitative estimate of drug-likeness (QED) is 0.742. The monoisotopic (exact) mass is 310 g/mol. The van der Waals surface area contributed by atoms with Crippen molar-refractivity contribution in [3.63, 3.8) is 0 Å². The highest BCUT2D eigenvalue weighted by Gasteiger charge is 2.43. The van der Waals surface area contributed by atoms with Gasteiger partial charge in [-0.05, 0) is 25.8 Å². The van der Waals surface area contributed by atoms with Gasteiger partial charge < -0.3 is 14.2 Å². The molecule has 1 fully saturated rings. The van der Waals surface area contributed by atoms with Gasteiger partial charge in [-0.15, -0.1) is 0 Å². The van der Waals surface area contributed by atoms with E-state index < -0.39 is 5.79 Å². The molecule has 1 aliphatic heterocycles. The van der Waals surface area contributed by atoms with Gasteiger partial charge in [0.05, 0.1) is 11.1 Å². The summed E-state index contributed by atoms with van der Waals surface area (Å²) in [6.45, 7) is 3.44. The molecule has 4 heteroatoms. The van der Waals surface area contributed by atoms with E-state index in [1.807, 2.05) is 25.1 Å². The summed E-state index contributed by atoms with van der Waals surface area (Å²) in [4.78, 5) is 0. The Morgan fingerprint density at radius 1 is 1.29 bits per heavy atom. The molecule has 1 atom stereocenters. The standard InChI is InChI=1S/C17H23ClO3/c1-2-19-12-9-15-13-7-6-8-14(18)16(13)21-17(20-15)10-4-3-5-11-17/h6-8,15H,2-5,9-12H2,1H3. The zero-order chi connectivity index (χ0) is 14.7. The third-order valence-electron chi connectivity index (χ3n) is 4.33. The lowest BCUT2D eigenvalue weighted by Gasteiger charge is -2.44. The number of hydrogen-bond acceptors (Lipinski definition) is 3. The fourth-order valence-corrected chi connectivity index (χ4v) is 3.50. The van der Waals surface area contributed by atoms with Crippen molar-refractivity contribution in [1.82, 2.24) is 0 Å². The van der Waals surface area contributed by atoms with Gasteiger partial charge in [0, 0.05) is 38.0 Å². The Morgan fingerprint density at radius 3 is 2.86 bits per heavy atom. The molecule has 1 aromatic rings. The summed E-state index contributed by atoms with van der Waals surface area (Å²) < 4.78 is 18.1. The van der Waals surface area contributed by atoms with E-state index in [0.29, 0.717) is 11.6 Å². The van der Waals surface area contributed by atoms with Crippen molar-refractivity contribution in [2.24, 2.45) is 0 Å². The third kappa shape index (κ3) is 3.20. The van der Waals surface area contributed by atoms with Gasteiger partial charge in [0.25, 0.3) is 0 Å². The van der Waals surface area contributed by atoms with Gasteiger partial charge >= 0.3 is 0 Å². The first kappa shape index (κ1) is 15.1. The Hall–Kier alpha value is -0.770. The van der Waals surface area contributed by atoms with Crippen LogP contribution in [0.3, 0.4) is 0 Å². The minimum Gasteiger partial charge on any atom is -0.460 e. The Labute approximate surface area is 131 Å². The molecule has 1 aliphatic carbocycles. The molecule has 0 amide bonds. The number of benzene rings is 1. The minimum absolute atomic E-state index is 0.0112. The molecule has 3 rings (SSSR count). The molecule has 1 saturated carbocycles. The summed E-state index contributed by atoms with van der Waals surface area (Å²) in [5, 5.41) is 0.683. The highest BCUT2D eigenvalue weighted by Crippen LogP contribution is 2.48. The maximum absolute atomic E-state index is 6.38. The maximum atomic E-state index is 6.38. The van der Waals surface area contributed by atoms with E-state index in [-0.39, 0.29) is 6.10 Å². The van der Waals surface area contributed by atoms with Crippen molar-refractivity contribution in [3.8, 4) is 5.75 Å². The van der Waals surface area contributed by atoms with Crippen LogP contribution in [0.15, 0.2) is 18.2 Å². The fourth-order valence-electron chi connectivity index (χ4n) is 3.28. The maximum Gasteiger partial charge on any atom is 0.211 e.